The van der Waals surface area contributed by atoms with Gasteiger partial charge in [-0.25, -0.2) is 8.42 Å². The molecule has 2 N–H and O–H groups in total. The molecule has 2 aromatic rings. The molecule has 0 aliphatic carbocycles. The number of anilines is 1. The van der Waals surface area contributed by atoms with Gasteiger partial charge in [-0.3, -0.25) is 0 Å². The van der Waals surface area contributed by atoms with Gasteiger partial charge in [-0.05, 0) is 24.3 Å². The average molecular weight is 301 g/mol. The molecule has 7 heteroatoms. The predicted molar refractivity (Wildman–Crippen MR) is 73.2 cm³/mol. The van der Waals surface area contributed by atoms with E-state index in [4.69, 9.17) is 21.8 Å². The fourth-order valence-electron chi connectivity index (χ4n) is 1.57. The van der Waals surface area contributed by atoms with Crippen LogP contribution in [0.2, 0.25) is 5.02 Å². The number of sulfonamides is 1. The Balaban J connectivity index is 2.28. The van der Waals surface area contributed by atoms with Crippen LogP contribution < -0.4 is 5.73 Å². The van der Waals surface area contributed by atoms with Crippen molar-refractivity contribution >= 4 is 27.3 Å². The van der Waals surface area contributed by atoms with Gasteiger partial charge in [-0.1, -0.05) is 11.6 Å². The second kappa shape index (κ2) is 5.24. The summed E-state index contributed by atoms with van der Waals surface area (Å²) in [7, 11) is -2.11. The second-order valence-corrected chi connectivity index (χ2v) is 6.53. The summed E-state index contributed by atoms with van der Waals surface area (Å²) in [6, 6.07) is 5.96. The molecule has 0 radical (unpaired) electrons. The van der Waals surface area contributed by atoms with Crippen LogP contribution in [-0.4, -0.2) is 19.8 Å². The van der Waals surface area contributed by atoms with Crippen LogP contribution in [0.3, 0.4) is 0 Å². The third kappa shape index (κ3) is 2.91. The summed E-state index contributed by atoms with van der Waals surface area (Å²) < 4.78 is 30.8. The lowest BCUT2D eigenvalue weighted by Gasteiger charge is -2.16. The minimum atomic E-state index is -3.60. The van der Waals surface area contributed by atoms with E-state index in [1.54, 1.807) is 6.07 Å². The van der Waals surface area contributed by atoms with Gasteiger partial charge in [0.1, 0.15) is 0 Å². The first-order valence-electron chi connectivity index (χ1n) is 5.43. The molecule has 0 fully saturated rings. The highest BCUT2D eigenvalue weighted by Gasteiger charge is 2.21. The Kier molecular flexibility index (Phi) is 3.84. The van der Waals surface area contributed by atoms with E-state index in [2.05, 4.69) is 0 Å². The summed E-state index contributed by atoms with van der Waals surface area (Å²) in [4.78, 5) is 0.109. The van der Waals surface area contributed by atoms with E-state index in [-0.39, 0.29) is 16.5 Å². The Morgan fingerprint density at radius 3 is 2.68 bits per heavy atom. The molecule has 5 nitrogen and oxygen atoms in total. The Morgan fingerprint density at radius 2 is 2.11 bits per heavy atom. The van der Waals surface area contributed by atoms with Gasteiger partial charge in [0.05, 0.1) is 28.1 Å². The zero-order valence-electron chi connectivity index (χ0n) is 10.2. The molecule has 1 aromatic carbocycles. The van der Waals surface area contributed by atoms with Gasteiger partial charge in [0, 0.05) is 19.2 Å². The molecule has 0 aliphatic rings. The van der Waals surface area contributed by atoms with Crippen molar-refractivity contribution in [2.45, 2.75) is 11.4 Å². The first-order chi connectivity index (χ1) is 8.91. The van der Waals surface area contributed by atoms with Crippen LogP contribution in [0.4, 0.5) is 5.69 Å². The summed E-state index contributed by atoms with van der Waals surface area (Å²) in [6.45, 7) is 0.223. The highest BCUT2D eigenvalue weighted by Crippen LogP contribution is 2.24. The van der Waals surface area contributed by atoms with Gasteiger partial charge in [0.25, 0.3) is 0 Å². The summed E-state index contributed by atoms with van der Waals surface area (Å²) in [5.74, 6) is 0. The normalized spacial score (nSPS) is 11.9. The third-order valence-corrected chi connectivity index (χ3v) is 4.79. The van der Waals surface area contributed by atoms with Gasteiger partial charge >= 0.3 is 0 Å². The number of halogens is 1. The van der Waals surface area contributed by atoms with Crippen LogP contribution in [0, 0.1) is 0 Å². The van der Waals surface area contributed by atoms with E-state index < -0.39 is 10.0 Å². The molecule has 1 aromatic heterocycles. The van der Waals surface area contributed by atoms with Gasteiger partial charge in [0.15, 0.2) is 0 Å². The predicted octanol–water partition coefficient (Wildman–Crippen LogP) is 2.34. The van der Waals surface area contributed by atoms with Crippen LogP contribution in [-0.2, 0) is 16.6 Å². The van der Waals surface area contributed by atoms with Crippen LogP contribution in [0.1, 0.15) is 5.56 Å². The van der Waals surface area contributed by atoms with E-state index in [1.807, 2.05) is 0 Å². The minimum absolute atomic E-state index is 0.109. The first kappa shape index (κ1) is 13.9. The number of nitrogen functional groups attached to an aromatic ring is 1. The number of nitrogens with two attached hydrogens (primary N) is 1. The Labute approximate surface area is 116 Å². The van der Waals surface area contributed by atoms with Crippen molar-refractivity contribution < 1.29 is 12.8 Å². The standard InChI is InChI=1S/C12H13ClN2O3S/c1-15(7-9-4-5-18-8-9)19(16,17)10-2-3-12(14)11(13)6-10/h2-6,8H,7,14H2,1H3. The lowest BCUT2D eigenvalue weighted by molar-refractivity contribution is 0.463. The van der Waals surface area contributed by atoms with Crippen LogP contribution in [0.25, 0.3) is 0 Å². The van der Waals surface area contributed by atoms with Crippen LogP contribution in [0.15, 0.2) is 46.1 Å². The molecular weight excluding hydrogens is 288 g/mol. The summed E-state index contributed by atoms with van der Waals surface area (Å²) in [5.41, 5.74) is 6.68. The molecule has 0 saturated carbocycles. The lowest BCUT2D eigenvalue weighted by atomic mass is 10.3. The van der Waals surface area contributed by atoms with Crippen molar-refractivity contribution in [3.63, 3.8) is 0 Å². The van der Waals surface area contributed by atoms with Crippen molar-refractivity contribution in [1.29, 1.82) is 0 Å². The summed E-state index contributed by atoms with van der Waals surface area (Å²) in [6.07, 6.45) is 3.00. The van der Waals surface area contributed by atoms with Crippen molar-refractivity contribution in [2.24, 2.45) is 0 Å². The van der Waals surface area contributed by atoms with E-state index >= 15 is 0 Å². The Morgan fingerprint density at radius 1 is 1.37 bits per heavy atom. The van der Waals surface area contributed by atoms with E-state index in [0.29, 0.717) is 5.69 Å². The highest BCUT2D eigenvalue weighted by atomic mass is 35.5. The fraction of sp³-hybridized carbons (Fsp3) is 0.167. The zero-order valence-corrected chi connectivity index (χ0v) is 11.8. The molecular formula is C12H13ClN2O3S. The Bertz CT molecular complexity index is 668. The van der Waals surface area contributed by atoms with Crippen molar-refractivity contribution in [3.8, 4) is 0 Å². The minimum Gasteiger partial charge on any atom is -0.472 e. The molecule has 0 bridgehead atoms. The molecule has 1 heterocycles. The topological polar surface area (TPSA) is 76.5 Å². The number of nitrogens with zero attached hydrogens (tertiary/aromatic N) is 1. The maximum Gasteiger partial charge on any atom is 0.243 e. The third-order valence-electron chi connectivity index (χ3n) is 2.67. The largest absolute Gasteiger partial charge is 0.472 e. The number of benzene rings is 1. The van der Waals surface area contributed by atoms with Crippen molar-refractivity contribution in [1.82, 2.24) is 4.31 Å². The summed E-state index contributed by atoms with van der Waals surface area (Å²) >= 11 is 5.84. The average Bonchev–Trinajstić information content (AvgIpc) is 2.85. The van der Waals surface area contributed by atoms with E-state index in [9.17, 15) is 8.42 Å². The van der Waals surface area contributed by atoms with Gasteiger partial charge in [-0.15, -0.1) is 0 Å². The van der Waals surface area contributed by atoms with E-state index in [1.165, 1.54) is 42.1 Å². The van der Waals surface area contributed by atoms with E-state index in [0.717, 1.165) is 5.56 Å². The number of rotatable bonds is 4. The molecule has 102 valence electrons. The molecule has 0 unspecified atom stereocenters. The molecule has 0 saturated heterocycles. The smallest absolute Gasteiger partial charge is 0.243 e. The highest BCUT2D eigenvalue weighted by molar-refractivity contribution is 7.89. The molecule has 0 spiro atoms. The maximum atomic E-state index is 12.3. The van der Waals surface area contributed by atoms with Crippen LogP contribution >= 0.6 is 11.6 Å². The SMILES string of the molecule is CN(Cc1ccoc1)S(=O)(=O)c1ccc(N)c(Cl)c1. The summed E-state index contributed by atoms with van der Waals surface area (Å²) in [5, 5.41) is 0.220. The molecule has 2 rings (SSSR count). The molecule has 0 atom stereocenters. The fourth-order valence-corrected chi connectivity index (χ4v) is 3.00. The van der Waals surface area contributed by atoms with Crippen molar-refractivity contribution in [3.05, 3.63) is 47.4 Å². The van der Waals surface area contributed by atoms with Gasteiger partial charge in [0.2, 0.25) is 10.0 Å². The first-order valence-corrected chi connectivity index (χ1v) is 7.25. The molecule has 19 heavy (non-hydrogen) atoms. The maximum absolute atomic E-state index is 12.3. The van der Waals surface area contributed by atoms with Gasteiger partial charge < -0.3 is 10.2 Å². The van der Waals surface area contributed by atoms with Gasteiger partial charge in [-0.2, -0.15) is 4.31 Å². The monoisotopic (exact) mass is 300 g/mol. The Hall–Kier alpha value is -1.50. The zero-order chi connectivity index (χ0) is 14.0. The molecule has 0 aliphatic heterocycles. The second-order valence-electron chi connectivity index (χ2n) is 4.08. The number of hydrogen-bond donors (Lipinski definition) is 1. The number of hydrogen-bond acceptors (Lipinski definition) is 4. The van der Waals surface area contributed by atoms with Crippen LogP contribution in [0.5, 0.6) is 0 Å². The van der Waals surface area contributed by atoms with Crippen molar-refractivity contribution in [2.75, 3.05) is 12.8 Å². The number of furan rings is 1. The quantitative estimate of drug-likeness (QED) is 0.879. The lowest BCUT2D eigenvalue weighted by Crippen LogP contribution is -2.26. The molecule has 0 amide bonds.